The van der Waals surface area contributed by atoms with Crippen molar-refractivity contribution in [2.45, 2.75) is 23.5 Å². The molecule has 0 saturated heterocycles. The second kappa shape index (κ2) is 6.02. The molecular formula is C14H15N5S. The predicted molar refractivity (Wildman–Crippen MR) is 78.7 cm³/mol. The van der Waals surface area contributed by atoms with Gasteiger partial charge in [0.05, 0.1) is 11.9 Å². The van der Waals surface area contributed by atoms with Gasteiger partial charge in [-0.3, -0.25) is 4.98 Å². The Bertz CT molecular complexity index is 695. The van der Waals surface area contributed by atoms with Gasteiger partial charge in [-0.15, -0.1) is 0 Å². The summed E-state index contributed by atoms with van der Waals surface area (Å²) >= 11 is 1.54. The number of aromatic nitrogens is 4. The largest absolute Gasteiger partial charge is 0.311 e. The highest BCUT2D eigenvalue weighted by Gasteiger charge is 2.13. The van der Waals surface area contributed by atoms with Crippen LogP contribution >= 0.6 is 11.8 Å². The molecule has 0 amide bonds. The lowest BCUT2D eigenvalue weighted by atomic mass is 10.4. The zero-order chi connectivity index (χ0) is 13.8. The minimum Gasteiger partial charge on any atom is -0.311 e. The maximum Gasteiger partial charge on any atom is 0.138 e. The van der Waals surface area contributed by atoms with Gasteiger partial charge in [-0.05, 0) is 30.4 Å². The van der Waals surface area contributed by atoms with E-state index in [1.807, 2.05) is 24.4 Å². The lowest BCUT2D eigenvalue weighted by Gasteiger charge is -2.04. The lowest BCUT2D eigenvalue weighted by molar-refractivity contribution is 0.694. The SMILES string of the molecule is CCNCc1c(Sc2cnccn2)nc2ccccn12. The highest BCUT2D eigenvalue weighted by molar-refractivity contribution is 7.99. The Labute approximate surface area is 121 Å². The summed E-state index contributed by atoms with van der Waals surface area (Å²) in [5.41, 5.74) is 2.10. The van der Waals surface area contributed by atoms with Gasteiger partial charge in [0.1, 0.15) is 15.7 Å². The van der Waals surface area contributed by atoms with Crippen molar-refractivity contribution >= 4 is 17.4 Å². The molecule has 0 aliphatic heterocycles. The monoisotopic (exact) mass is 285 g/mol. The Hall–Kier alpha value is -1.92. The number of hydrogen-bond acceptors (Lipinski definition) is 5. The first-order valence-corrected chi connectivity index (χ1v) is 7.30. The molecule has 0 saturated carbocycles. The second-order valence-corrected chi connectivity index (χ2v) is 5.23. The average molecular weight is 285 g/mol. The zero-order valence-electron chi connectivity index (χ0n) is 11.2. The van der Waals surface area contributed by atoms with Crippen LogP contribution < -0.4 is 5.32 Å². The molecule has 0 bridgehead atoms. The second-order valence-electron chi connectivity index (χ2n) is 4.22. The number of pyridine rings is 1. The van der Waals surface area contributed by atoms with Crippen LogP contribution in [0, 0.1) is 0 Å². The Kier molecular flexibility index (Phi) is 3.94. The molecule has 102 valence electrons. The van der Waals surface area contributed by atoms with E-state index in [-0.39, 0.29) is 0 Å². The molecule has 3 aromatic rings. The molecule has 20 heavy (non-hydrogen) atoms. The first kappa shape index (κ1) is 13.1. The molecule has 0 unspecified atom stereocenters. The number of hydrogen-bond donors (Lipinski definition) is 1. The van der Waals surface area contributed by atoms with Crippen molar-refractivity contribution in [3.05, 3.63) is 48.7 Å². The topological polar surface area (TPSA) is 55.1 Å². The van der Waals surface area contributed by atoms with Crippen LogP contribution in [0.5, 0.6) is 0 Å². The van der Waals surface area contributed by atoms with Crippen molar-refractivity contribution in [2.24, 2.45) is 0 Å². The quantitative estimate of drug-likeness (QED) is 0.780. The van der Waals surface area contributed by atoms with Crippen LogP contribution in [0.3, 0.4) is 0 Å². The average Bonchev–Trinajstić information content (AvgIpc) is 2.83. The highest BCUT2D eigenvalue weighted by Crippen LogP contribution is 2.28. The summed E-state index contributed by atoms with van der Waals surface area (Å²) in [5, 5.41) is 5.18. The summed E-state index contributed by atoms with van der Waals surface area (Å²) in [6.45, 7) is 3.80. The van der Waals surface area contributed by atoms with Crippen LogP contribution in [0.2, 0.25) is 0 Å². The Morgan fingerprint density at radius 1 is 1.30 bits per heavy atom. The van der Waals surface area contributed by atoms with Gasteiger partial charge in [0, 0.05) is 25.1 Å². The predicted octanol–water partition coefficient (Wildman–Crippen LogP) is 2.39. The number of fused-ring (bicyclic) bond motifs is 1. The number of nitrogens with one attached hydrogen (secondary N) is 1. The van der Waals surface area contributed by atoms with Gasteiger partial charge in [0.25, 0.3) is 0 Å². The molecule has 5 nitrogen and oxygen atoms in total. The van der Waals surface area contributed by atoms with E-state index >= 15 is 0 Å². The fourth-order valence-corrected chi connectivity index (χ4v) is 2.80. The molecule has 3 aromatic heterocycles. The molecule has 6 heteroatoms. The van der Waals surface area contributed by atoms with E-state index in [4.69, 9.17) is 0 Å². The standard InChI is InChI=1S/C14H15N5S/c1-2-15-9-11-14(20-13-10-16-6-7-17-13)18-12-5-3-4-8-19(11)12/h3-8,10,15H,2,9H2,1H3. The Morgan fingerprint density at radius 3 is 3.05 bits per heavy atom. The van der Waals surface area contributed by atoms with E-state index in [1.165, 1.54) is 0 Å². The Balaban J connectivity index is 2.00. The van der Waals surface area contributed by atoms with E-state index in [0.29, 0.717) is 0 Å². The van der Waals surface area contributed by atoms with E-state index in [1.54, 1.807) is 30.4 Å². The third-order valence-corrected chi connectivity index (χ3v) is 3.82. The maximum absolute atomic E-state index is 4.68. The van der Waals surface area contributed by atoms with Gasteiger partial charge in [0.15, 0.2) is 0 Å². The zero-order valence-corrected chi connectivity index (χ0v) is 12.0. The fraction of sp³-hybridized carbons (Fsp3) is 0.214. The molecule has 3 heterocycles. The normalized spacial score (nSPS) is 11.1. The molecule has 3 rings (SSSR count). The minimum atomic E-state index is 0.782. The van der Waals surface area contributed by atoms with Crippen LogP contribution in [0.4, 0.5) is 0 Å². The number of rotatable bonds is 5. The smallest absolute Gasteiger partial charge is 0.138 e. The van der Waals surface area contributed by atoms with E-state index < -0.39 is 0 Å². The van der Waals surface area contributed by atoms with Gasteiger partial charge in [0.2, 0.25) is 0 Å². The summed E-state index contributed by atoms with van der Waals surface area (Å²) in [5.74, 6) is 0. The van der Waals surface area contributed by atoms with E-state index in [9.17, 15) is 0 Å². The van der Waals surface area contributed by atoms with E-state index in [2.05, 4.69) is 31.6 Å². The molecule has 0 atom stereocenters. The van der Waals surface area contributed by atoms with Crippen LogP contribution in [-0.4, -0.2) is 25.9 Å². The van der Waals surface area contributed by atoms with Gasteiger partial charge in [-0.2, -0.15) is 0 Å². The first-order valence-electron chi connectivity index (χ1n) is 6.49. The van der Waals surface area contributed by atoms with Crippen molar-refractivity contribution in [3.63, 3.8) is 0 Å². The van der Waals surface area contributed by atoms with E-state index in [0.717, 1.165) is 34.5 Å². The van der Waals surface area contributed by atoms with Crippen LogP contribution in [-0.2, 0) is 6.54 Å². The van der Waals surface area contributed by atoms with Crippen LogP contribution in [0.1, 0.15) is 12.6 Å². The lowest BCUT2D eigenvalue weighted by Crippen LogP contribution is -2.14. The third kappa shape index (κ3) is 2.66. The summed E-state index contributed by atoms with van der Waals surface area (Å²) in [6, 6.07) is 6.02. The van der Waals surface area contributed by atoms with Crippen molar-refractivity contribution in [1.29, 1.82) is 0 Å². The van der Waals surface area contributed by atoms with Crippen molar-refractivity contribution in [3.8, 4) is 0 Å². The molecule has 0 aliphatic carbocycles. The van der Waals surface area contributed by atoms with Gasteiger partial charge >= 0.3 is 0 Å². The number of imidazole rings is 1. The molecule has 0 fully saturated rings. The maximum atomic E-state index is 4.68. The van der Waals surface area contributed by atoms with Gasteiger partial charge in [-0.25, -0.2) is 9.97 Å². The minimum absolute atomic E-state index is 0.782. The Morgan fingerprint density at radius 2 is 2.25 bits per heavy atom. The molecule has 0 radical (unpaired) electrons. The van der Waals surface area contributed by atoms with Crippen LogP contribution in [0.15, 0.2) is 53.0 Å². The highest BCUT2D eigenvalue weighted by atomic mass is 32.2. The summed E-state index contributed by atoms with van der Waals surface area (Å²) in [4.78, 5) is 13.1. The molecule has 0 spiro atoms. The molecule has 0 aliphatic rings. The summed E-state index contributed by atoms with van der Waals surface area (Å²) in [7, 11) is 0. The van der Waals surface area contributed by atoms with Crippen molar-refractivity contribution in [2.75, 3.05) is 6.54 Å². The van der Waals surface area contributed by atoms with Crippen LogP contribution in [0.25, 0.3) is 5.65 Å². The molecule has 1 N–H and O–H groups in total. The number of nitrogens with zero attached hydrogens (tertiary/aromatic N) is 4. The van der Waals surface area contributed by atoms with Crippen molar-refractivity contribution in [1.82, 2.24) is 24.7 Å². The molecule has 0 aromatic carbocycles. The first-order chi connectivity index (χ1) is 9.88. The van der Waals surface area contributed by atoms with Gasteiger partial charge < -0.3 is 9.72 Å². The summed E-state index contributed by atoms with van der Waals surface area (Å²) < 4.78 is 2.11. The van der Waals surface area contributed by atoms with Gasteiger partial charge in [-0.1, -0.05) is 13.0 Å². The third-order valence-electron chi connectivity index (χ3n) is 2.88. The van der Waals surface area contributed by atoms with Crippen molar-refractivity contribution < 1.29 is 0 Å². The fourth-order valence-electron chi connectivity index (χ4n) is 1.95. The molecular weight excluding hydrogens is 270 g/mol. The summed E-state index contributed by atoms with van der Waals surface area (Å²) in [6.07, 6.45) is 7.16.